The average Bonchev–Trinajstić information content (AvgIpc) is 2.92. The van der Waals surface area contributed by atoms with Crippen molar-refractivity contribution in [3.05, 3.63) is 35.9 Å². The number of rotatable bonds is 3. The molecule has 0 N–H and O–H groups in total. The standard InChI is InChI=1S/C17H24N2OS/c20-17(15-7-2-1-3-8-15)19-11-6-12-21-14-16(19)13-18-9-4-5-10-18/h1-3,7-8,16H,4-6,9-14H2. The second-order valence-electron chi connectivity index (χ2n) is 5.95. The fourth-order valence-electron chi connectivity index (χ4n) is 3.26. The van der Waals surface area contributed by atoms with Gasteiger partial charge < -0.3 is 9.80 Å². The maximum Gasteiger partial charge on any atom is 0.254 e. The van der Waals surface area contributed by atoms with Crippen LogP contribution in [0, 0.1) is 0 Å². The molecule has 1 aromatic rings. The normalized spacial score (nSPS) is 24.0. The highest BCUT2D eigenvalue weighted by molar-refractivity contribution is 7.99. The van der Waals surface area contributed by atoms with Gasteiger partial charge in [0.2, 0.25) is 0 Å². The molecule has 0 aliphatic carbocycles. The van der Waals surface area contributed by atoms with E-state index >= 15 is 0 Å². The van der Waals surface area contributed by atoms with Crippen LogP contribution in [0.3, 0.4) is 0 Å². The van der Waals surface area contributed by atoms with Crippen LogP contribution in [0.5, 0.6) is 0 Å². The molecule has 0 saturated carbocycles. The fraction of sp³-hybridized carbons (Fsp3) is 0.588. The summed E-state index contributed by atoms with van der Waals surface area (Å²) in [5, 5.41) is 0. The Labute approximate surface area is 131 Å². The van der Waals surface area contributed by atoms with Gasteiger partial charge in [0.1, 0.15) is 0 Å². The van der Waals surface area contributed by atoms with Crippen LogP contribution in [-0.2, 0) is 0 Å². The molecule has 1 unspecified atom stereocenters. The van der Waals surface area contributed by atoms with Crippen LogP contribution in [0.2, 0.25) is 0 Å². The van der Waals surface area contributed by atoms with Crippen molar-refractivity contribution in [2.24, 2.45) is 0 Å². The van der Waals surface area contributed by atoms with Crippen LogP contribution in [0.1, 0.15) is 29.6 Å². The predicted octanol–water partition coefficient (Wildman–Crippen LogP) is 2.73. The summed E-state index contributed by atoms with van der Waals surface area (Å²) < 4.78 is 0. The Morgan fingerprint density at radius 2 is 1.86 bits per heavy atom. The van der Waals surface area contributed by atoms with Gasteiger partial charge in [-0.05, 0) is 50.2 Å². The maximum atomic E-state index is 12.8. The molecule has 0 bridgehead atoms. The molecule has 1 aromatic carbocycles. The van der Waals surface area contributed by atoms with Gasteiger partial charge in [0.05, 0.1) is 6.04 Å². The lowest BCUT2D eigenvalue weighted by atomic mass is 10.1. The lowest BCUT2D eigenvalue weighted by molar-refractivity contribution is 0.0666. The van der Waals surface area contributed by atoms with E-state index in [1.54, 1.807) is 0 Å². The third-order valence-electron chi connectivity index (χ3n) is 4.39. The topological polar surface area (TPSA) is 23.6 Å². The summed E-state index contributed by atoms with van der Waals surface area (Å²) in [7, 11) is 0. The van der Waals surface area contributed by atoms with Crippen molar-refractivity contribution >= 4 is 17.7 Å². The highest BCUT2D eigenvalue weighted by Crippen LogP contribution is 2.21. The molecule has 3 rings (SSSR count). The summed E-state index contributed by atoms with van der Waals surface area (Å²) >= 11 is 2.00. The van der Waals surface area contributed by atoms with Crippen molar-refractivity contribution in [3.63, 3.8) is 0 Å². The molecule has 0 aromatic heterocycles. The summed E-state index contributed by atoms with van der Waals surface area (Å²) in [6, 6.07) is 10.1. The molecule has 2 fully saturated rings. The van der Waals surface area contributed by atoms with E-state index in [9.17, 15) is 4.79 Å². The fourth-order valence-corrected chi connectivity index (χ4v) is 4.31. The summed E-state index contributed by atoms with van der Waals surface area (Å²) in [5.41, 5.74) is 0.829. The maximum absolute atomic E-state index is 12.8. The van der Waals surface area contributed by atoms with E-state index in [-0.39, 0.29) is 5.91 Å². The second kappa shape index (κ2) is 7.32. The molecule has 2 aliphatic heterocycles. The van der Waals surface area contributed by atoms with Gasteiger partial charge in [0, 0.05) is 24.4 Å². The SMILES string of the molecule is O=C(c1ccccc1)N1CCCSCC1CN1CCCC1. The van der Waals surface area contributed by atoms with Gasteiger partial charge in [-0.3, -0.25) is 4.79 Å². The van der Waals surface area contributed by atoms with E-state index in [2.05, 4.69) is 9.80 Å². The van der Waals surface area contributed by atoms with Gasteiger partial charge in [0.15, 0.2) is 0 Å². The van der Waals surface area contributed by atoms with Crippen LogP contribution < -0.4 is 0 Å². The number of amides is 1. The van der Waals surface area contributed by atoms with Gasteiger partial charge in [-0.25, -0.2) is 0 Å². The van der Waals surface area contributed by atoms with Gasteiger partial charge in [-0.15, -0.1) is 0 Å². The first kappa shape index (κ1) is 14.9. The largest absolute Gasteiger partial charge is 0.334 e. The molecule has 1 atom stereocenters. The Morgan fingerprint density at radius 3 is 2.62 bits per heavy atom. The van der Waals surface area contributed by atoms with Crippen molar-refractivity contribution in [3.8, 4) is 0 Å². The number of benzene rings is 1. The lowest BCUT2D eigenvalue weighted by Crippen LogP contribution is -2.47. The van der Waals surface area contributed by atoms with E-state index in [1.165, 1.54) is 31.7 Å². The average molecular weight is 304 g/mol. The minimum Gasteiger partial charge on any atom is -0.334 e. The zero-order valence-corrected chi connectivity index (χ0v) is 13.4. The number of nitrogens with zero attached hydrogens (tertiary/aromatic N) is 2. The lowest BCUT2D eigenvalue weighted by Gasteiger charge is -2.32. The van der Waals surface area contributed by atoms with Crippen molar-refractivity contribution in [1.29, 1.82) is 0 Å². The number of thioether (sulfide) groups is 1. The molecular formula is C17H24N2OS. The molecule has 21 heavy (non-hydrogen) atoms. The van der Waals surface area contributed by atoms with Crippen molar-refractivity contribution < 1.29 is 4.79 Å². The Balaban J connectivity index is 1.73. The van der Waals surface area contributed by atoms with Gasteiger partial charge in [-0.2, -0.15) is 11.8 Å². The smallest absolute Gasteiger partial charge is 0.254 e. The number of hydrogen-bond donors (Lipinski definition) is 0. The quantitative estimate of drug-likeness (QED) is 0.858. The van der Waals surface area contributed by atoms with Gasteiger partial charge in [0.25, 0.3) is 5.91 Å². The van der Waals surface area contributed by atoms with E-state index in [0.717, 1.165) is 30.8 Å². The monoisotopic (exact) mass is 304 g/mol. The first-order valence-corrected chi connectivity index (χ1v) is 9.16. The van der Waals surface area contributed by atoms with E-state index in [4.69, 9.17) is 0 Å². The van der Waals surface area contributed by atoms with Crippen molar-refractivity contribution in [2.75, 3.05) is 37.7 Å². The first-order chi connectivity index (χ1) is 10.3. The third kappa shape index (κ3) is 3.80. The highest BCUT2D eigenvalue weighted by atomic mass is 32.2. The Kier molecular flexibility index (Phi) is 5.20. The molecule has 0 spiro atoms. The summed E-state index contributed by atoms with van der Waals surface area (Å²) in [6.45, 7) is 4.36. The molecule has 0 radical (unpaired) electrons. The Bertz CT molecular complexity index is 459. The number of carbonyl (C=O) groups excluding carboxylic acids is 1. The van der Waals surface area contributed by atoms with Crippen molar-refractivity contribution in [1.82, 2.24) is 9.80 Å². The molecular weight excluding hydrogens is 280 g/mol. The van der Waals surface area contributed by atoms with Crippen molar-refractivity contribution in [2.45, 2.75) is 25.3 Å². The number of hydrogen-bond acceptors (Lipinski definition) is 3. The predicted molar refractivity (Wildman–Crippen MR) is 88.9 cm³/mol. The van der Waals surface area contributed by atoms with E-state index < -0.39 is 0 Å². The summed E-state index contributed by atoms with van der Waals surface area (Å²) in [5.74, 6) is 2.46. The molecule has 114 valence electrons. The first-order valence-electron chi connectivity index (χ1n) is 8.01. The van der Waals surface area contributed by atoms with Gasteiger partial charge >= 0.3 is 0 Å². The summed E-state index contributed by atoms with van der Waals surface area (Å²) in [4.78, 5) is 17.5. The molecule has 2 aliphatic rings. The van der Waals surface area contributed by atoms with Crippen LogP contribution in [0.25, 0.3) is 0 Å². The highest BCUT2D eigenvalue weighted by Gasteiger charge is 2.28. The Hall–Kier alpha value is -1.00. The number of carbonyl (C=O) groups is 1. The Morgan fingerprint density at radius 1 is 1.10 bits per heavy atom. The van der Waals surface area contributed by atoms with Crippen LogP contribution in [-0.4, -0.2) is 59.4 Å². The van der Waals surface area contributed by atoms with Crippen LogP contribution in [0.15, 0.2) is 30.3 Å². The van der Waals surface area contributed by atoms with E-state index in [1.807, 2.05) is 42.1 Å². The minimum atomic E-state index is 0.210. The molecule has 2 heterocycles. The minimum absolute atomic E-state index is 0.210. The van der Waals surface area contributed by atoms with Crippen LogP contribution >= 0.6 is 11.8 Å². The second-order valence-corrected chi connectivity index (χ2v) is 7.10. The van der Waals surface area contributed by atoms with Crippen LogP contribution in [0.4, 0.5) is 0 Å². The zero-order valence-electron chi connectivity index (χ0n) is 12.5. The zero-order chi connectivity index (χ0) is 14.5. The summed E-state index contributed by atoms with van der Waals surface area (Å²) in [6.07, 6.45) is 3.73. The molecule has 4 heteroatoms. The third-order valence-corrected chi connectivity index (χ3v) is 5.59. The number of likely N-dealkylation sites (tertiary alicyclic amines) is 1. The molecule has 1 amide bonds. The molecule has 2 saturated heterocycles. The molecule has 3 nitrogen and oxygen atoms in total. The van der Waals surface area contributed by atoms with Gasteiger partial charge in [-0.1, -0.05) is 18.2 Å². The van der Waals surface area contributed by atoms with E-state index in [0.29, 0.717) is 6.04 Å².